The van der Waals surface area contributed by atoms with Crippen LogP contribution in [0.25, 0.3) is 21.6 Å². The van der Waals surface area contributed by atoms with E-state index in [0.717, 1.165) is 33.8 Å². The molecule has 0 spiro atoms. The summed E-state index contributed by atoms with van der Waals surface area (Å²) in [5.41, 5.74) is 0.905. The lowest BCUT2D eigenvalue weighted by molar-refractivity contribution is 0.384. The number of aromatic nitrogens is 4. The van der Waals surface area contributed by atoms with Gasteiger partial charge in [0.1, 0.15) is 5.82 Å². The summed E-state index contributed by atoms with van der Waals surface area (Å²) in [7, 11) is 0. The van der Waals surface area contributed by atoms with Gasteiger partial charge in [-0.15, -0.1) is 11.3 Å². The highest BCUT2D eigenvalue weighted by Gasteiger charge is 2.18. The number of nitrogens with zero attached hydrogens (tertiary/aromatic N) is 4. The van der Waals surface area contributed by atoms with Crippen LogP contribution in [0.1, 0.15) is 31.1 Å². The van der Waals surface area contributed by atoms with Crippen molar-refractivity contribution >= 4 is 28.1 Å². The molecular formula is C18H17N5OS. The van der Waals surface area contributed by atoms with E-state index in [1.54, 1.807) is 18.3 Å². The van der Waals surface area contributed by atoms with E-state index in [0.29, 0.717) is 11.7 Å². The van der Waals surface area contributed by atoms with E-state index in [2.05, 4.69) is 22.4 Å². The third-order valence-electron chi connectivity index (χ3n) is 3.92. The quantitative estimate of drug-likeness (QED) is 0.566. The zero-order chi connectivity index (χ0) is 17.2. The Labute approximate surface area is 149 Å². The fraction of sp³-hybridized carbons (Fsp3) is 0.222. The molecule has 0 aliphatic rings. The van der Waals surface area contributed by atoms with Crippen LogP contribution in [0.3, 0.4) is 0 Å². The molecule has 126 valence electrons. The summed E-state index contributed by atoms with van der Waals surface area (Å²) in [4.78, 5) is 14.9. The Hall–Kier alpha value is -2.80. The molecule has 6 nitrogen and oxygen atoms in total. The average Bonchev–Trinajstić information content (AvgIpc) is 3.31. The van der Waals surface area contributed by atoms with Gasteiger partial charge in [-0.1, -0.05) is 30.3 Å². The van der Waals surface area contributed by atoms with E-state index < -0.39 is 0 Å². The number of benzene rings is 1. The van der Waals surface area contributed by atoms with Crippen LogP contribution in [-0.2, 0) is 0 Å². The molecule has 0 radical (unpaired) electrons. The second-order valence-electron chi connectivity index (χ2n) is 5.67. The number of para-hydroxylation sites is 1. The van der Waals surface area contributed by atoms with Crippen LogP contribution >= 0.6 is 11.3 Å². The Bertz CT molecular complexity index is 996. The number of fused-ring (bicyclic) bond motifs is 1. The third kappa shape index (κ3) is 3.10. The van der Waals surface area contributed by atoms with Gasteiger partial charge < -0.3 is 9.84 Å². The minimum atomic E-state index is -0.0769. The van der Waals surface area contributed by atoms with Crippen LogP contribution in [0.5, 0.6) is 0 Å². The molecule has 3 aromatic heterocycles. The van der Waals surface area contributed by atoms with Crippen LogP contribution in [-0.4, -0.2) is 20.1 Å². The minimum absolute atomic E-state index is 0.0769. The molecular weight excluding hydrogens is 334 g/mol. The van der Waals surface area contributed by atoms with Gasteiger partial charge in [0.2, 0.25) is 5.89 Å². The summed E-state index contributed by atoms with van der Waals surface area (Å²) < 4.78 is 5.12. The molecule has 25 heavy (non-hydrogen) atoms. The molecule has 4 aromatic rings. The van der Waals surface area contributed by atoms with Crippen molar-refractivity contribution in [2.45, 2.75) is 26.3 Å². The summed E-state index contributed by atoms with van der Waals surface area (Å²) in [6.45, 7) is 3.87. The molecule has 1 unspecified atom stereocenters. The van der Waals surface area contributed by atoms with Crippen LogP contribution in [0.2, 0.25) is 0 Å². The summed E-state index contributed by atoms with van der Waals surface area (Å²) >= 11 is 1.63. The maximum atomic E-state index is 5.12. The zero-order valence-electron chi connectivity index (χ0n) is 13.9. The summed E-state index contributed by atoms with van der Waals surface area (Å²) in [6, 6.07) is 11.9. The molecule has 7 heteroatoms. The normalized spacial score (nSPS) is 12.4. The van der Waals surface area contributed by atoms with Gasteiger partial charge in [0, 0.05) is 12.3 Å². The van der Waals surface area contributed by atoms with Gasteiger partial charge in [0.15, 0.2) is 11.6 Å². The molecule has 0 saturated heterocycles. The fourth-order valence-electron chi connectivity index (χ4n) is 2.67. The number of hydrogen-bond donors (Lipinski definition) is 1. The van der Waals surface area contributed by atoms with E-state index >= 15 is 0 Å². The molecule has 0 bridgehead atoms. The molecule has 0 amide bonds. The SMILES string of the molecule is CCC(Nc1nc(-c2cccs2)nc2ccccc12)c1noc(C)n1. The number of anilines is 1. The average molecular weight is 351 g/mol. The standard InChI is InChI=1S/C18H17N5OS/c1-3-13(17-19-11(2)24-23-17)20-16-12-7-4-5-8-14(12)21-18(22-16)15-9-6-10-25-15/h4-10,13H,3H2,1-2H3,(H,20,21,22). The maximum Gasteiger partial charge on any atom is 0.223 e. The van der Waals surface area contributed by atoms with Gasteiger partial charge >= 0.3 is 0 Å². The molecule has 0 aliphatic carbocycles. The predicted molar refractivity (Wildman–Crippen MR) is 98.5 cm³/mol. The first-order chi connectivity index (χ1) is 12.2. The highest BCUT2D eigenvalue weighted by Crippen LogP contribution is 2.29. The van der Waals surface area contributed by atoms with Gasteiger partial charge in [-0.05, 0) is 30.0 Å². The summed E-state index contributed by atoms with van der Waals surface area (Å²) in [5, 5.41) is 10.5. The van der Waals surface area contributed by atoms with E-state index in [9.17, 15) is 0 Å². The lowest BCUT2D eigenvalue weighted by atomic mass is 10.2. The number of thiophene rings is 1. The number of aryl methyl sites for hydroxylation is 1. The van der Waals surface area contributed by atoms with Crippen molar-refractivity contribution in [1.29, 1.82) is 0 Å². The van der Waals surface area contributed by atoms with Crippen molar-refractivity contribution in [3.63, 3.8) is 0 Å². The van der Waals surface area contributed by atoms with Crippen LogP contribution in [0.15, 0.2) is 46.3 Å². The molecule has 0 fully saturated rings. The second kappa shape index (κ2) is 6.60. The first kappa shape index (κ1) is 15.7. The van der Waals surface area contributed by atoms with Crippen molar-refractivity contribution in [3.8, 4) is 10.7 Å². The largest absolute Gasteiger partial charge is 0.359 e. The lowest BCUT2D eigenvalue weighted by Gasteiger charge is -2.16. The number of rotatable bonds is 5. The Kier molecular flexibility index (Phi) is 4.15. The minimum Gasteiger partial charge on any atom is -0.359 e. The molecule has 0 aliphatic heterocycles. The predicted octanol–water partition coefficient (Wildman–Crippen LogP) is 4.61. The van der Waals surface area contributed by atoms with E-state index in [4.69, 9.17) is 14.5 Å². The molecule has 1 N–H and O–H groups in total. The van der Waals surface area contributed by atoms with Gasteiger partial charge in [-0.3, -0.25) is 0 Å². The van der Waals surface area contributed by atoms with Gasteiger partial charge in [-0.25, -0.2) is 9.97 Å². The van der Waals surface area contributed by atoms with Crippen LogP contribution < -0.4 is 5.32 Å². The van der Waals surface area contributed by atoms with Crippen molar-refractivity contribution in [2.24, 2.45) is 0 Å². The first-order valence-electron chi connectivity index (χ1n) is 8.12. The van der Waals surface area contributed by atoms with Crippen LogP contribution in [0, 0.1) is 6.92 Å². The third-order valence-corrected chi connectivity index (χ3v) is 4.78. The van der Waals surface area contributed by atoms with E-state index in [1.807, 2.05) is 41.8 Å². The Morgan fingerprint density at radius 3 is 2.72 bits per heavy atom. The zero-order valence-corrected chi connectivity index (χ0v) is 14.7. The Balaban J connectivity index is 1.79. The molecule has 1 aromatic carbocycles. The van der Waals surface area contributed by atoms with E-state index in [1.165, 1.54) is 0 Å². The van der Waals surface area contributed by atoms with Crippen LogP contribution in [0.4, 0.5) is 5.82 Å². The Morgan fingerprint density at radius 2 is 2.00 bits per heavy atom. The number of hydrogen-bond acceptors (Lipinski definition) is 7. The summed E-state index contributed by atoms with van der Waals surface area (Å²) in [6.07, 6.45) is 0.811. The maximum absolute atomic E-state index is 5.12. The summed E-state index contributed by atoms with van der Waals surface area (Å²) in [5.74, 6) is 2.70. The monoisotopic (exact) mass is 351 g/mol. The highest BCUT2D eigenvalue weighted by atomic mass is 32.1. The topological polar surface area (TPSA) is 76.7 Å². The van der Waals surface area contributed by atoms with Crippen molar-refractivity contribution in [1.82, 2.24) is 20.1 Å². The Morgan fingerprint density at radius 1 is 1.12 bits per heavy atom. The molecule has 4 rings (SSSR count). The highest BCUT2D eigenvalue weighted by molar-refractivity contribution is 7.13. The molecule has 3 heterocycles. The lowest BCUT2D eigenvalue weighted by Crippen LogP contribution is -2.13. The molecule has 1 atom stereocenters. The van der Waals surface area contributed by atoms with Crippen molar-refractivity contribution in [3.05, 3.63) is 53.5 Å². The number of nitrogens with one attached hydrogen (secondary N) is 1. The van der Waals surface area contributed by atoms with E-state index in [-0.39, 0.29) is 6.04 Å². The van der Waals surface area contributed by atoms with Gasteiger partial charge in [-0.2, -0.15) is 4.98 Å². The molecule has 0 saturated carbocycles. The second-order valence-corrected chi connectivity index (χ2v) is 6.61. The fourth-order valence-corrected chi connectivity index (χ4v) is 3.33. The van der Waals surface area contributed by atoms with Gasteiger partial charge in [0.25, 0.3) is 0 Å². The van der Waals surface area contributed by atoms with Crippen molar-refractivity contribution < 1.29 is 4.52 Å². The van der Waals surface area contributed by atoms with Crippen molar-refractivity contribution in [2.75, 3.05) is 5.32 Å². The smallest absolute Gasteiger partial charge is 0.223 e. The van der Waals surface area contributed by atoms with Gasteiger partial charge in [0.05, 0.1) is 16.4 Å². The first-order valence-corrected chi connectivity index (χ1v) is 9.00.